The molecule has 0 fully saturated rings. The summed E-state index contributed by atoms with van der Waals surface area (Å²) in [5.41, 5.74) is 0. The minimum atomic E-state index is -0.910. The number of nitrogens with zero attached hydrogens (tertiary/aromatic N) is 1. The first-order valence-electron chi connectivity index (χ1n) is 6.72. The summed E-state index contributed by atoms with van der Waals surface area (Å²) in [6.45, 7) is 2.33. The summed E-state index contributed by atoms with van der Waals surface area (Å²) < 4.78 is 18.3. The monoisotopic (exact) mass is 297 g/mol. The molecule has 1 aromatic carbocycles. The third-order valence-corrected chi connectivity index (χ3v) is 2.96. The van der Waals surface area contributed by atoms with Crippen LogP contribution in [0.4, 0.5) is 4.39 Å². The summed E-state index contributed by atoms with van der Waals surface area (Å²) in [7, 11) is 1.63. The van der Waals surface area contributed by atoms with Gasteiger partial charge in [-0.25, -0.2) is 4.39 Å². The van der Waals surface area contributed by atoms with Crippen LogP contribution in [0.5, 0.6) is 5.75 Å². The molecule has 1 amide bonds. The first-order chi connectivity index (χ1) is 9.88. The Morgan fingerprint density at radius 2 is 2.10 bits per heavy atom. The molecular weight excluding hydrogens is 277 g/mol. The number of likely N-dealkylation sites (N-methyl/N-ethyl adjacent to an activating group) is 1. The van der Waals surface area contributed by atoms with Gasteiger partial charge < -0.3 is 14.7 Å². The average molecular weight is 297 g/mol. The number of ether oxygens (including phenoxy) is 1. The Balaban J connectivity index is 2.31. The molecule has 1 aromatic rings. The van der Waals surface area contributed by atoms with Crippen LogP contribution in [0.1, 0.15) is 19.8 Å². The quantitative estimate of drug-likeness (QED) is 0.798. The largest absolute Gasteiger partial charge is 0.492 e. The van der Waals surface area contributed by atoms with Crippen molar-refractivity contribution in [3.63, 3.8) is 0 Å². The van der Waals surface area contributed by atoms with Crippen molar-refractivity contribution in [2.75, 3.05) is 20.2 Å². The molecule has 0 spiro atoms. The van der Waals surface area contributed by atoms with Crippen LogP contribution in [0.2, 0.25) is 0 Å². The molecule has 116 valence electrons. The summed E-state index contributed by atoms with van der Waals surface area (Å²) in [6.07, 6.45) is 0.155. The van der Waals surface area contributed by atoms with Gasteiger partial charge in [0.2, 0.25) is 5.91 Å². The zero-order chi connectivity index (χ0) is 15.8. The van der Waals surface area contributed by atoms with E-state index in [9.17, 15) is 14.0 Å². The fourth-order valence-corrected chi connectivity index (χ4v) is 1.81. The summed E-state index contributed by atoms with van der Waals surface area (Å²) >= 11 is 0. The number of carboxylic acids is 1. The van der Waals surface area contributed by atoms with Crippen LogP contribution in [0.25, 0.3) is 0 Å². The molecule has 0 heterocycles. The van der Waals surface area contributed by atoms with Crippen molar-refractivity contribution in [3.05, 3.63) is 30.1 Å². The van der Waals surface area contributed by atoms with E-state index in [0.29, 0.717) is 12.3 Å². The summed E-state index contributed by atoms with van der Waals surface area (Å²) in [4.78, 5) is 23.9. The minimum Gasteiger partial charge on any atom is -0.492 e. The standard InChI is InChI=1S/C15H20FNO4/c1-11(9-15(19)20)8-14(18)17(2)6-7-21-13-5-3-4-12(16)10-13/h3-5,10-11H,6-9H2,1-2H3,(H,19,20). The highest BCUT2D eigenvalue weighted by molar-refractivity contribution is 5.77. The van der Waals surface area contributed by atoms with E-state index in [1.807, 2.05) is 0 Å². The number of carboxylic acid groups (broad SMARTS) is 1. The lowest BCUT2D eigenvalue weighted by Crippen LogP contribution is -2.32. The molecule has 21 heavy (non-hydrogen) atoms. The molecular formula is C15H20FNO4. The van der Waals surface area contributed by atoms with Gasteiger partial charge in [0.25, 0.3) is 0 Å². The number of aliphatic carboxylic acids is 1. The Morgan fingerprint density at radius 1 is 1.38 bits per heavy atom. The molecule has 0 aliphatic rings. The molecule has 1 atom stereocenters. The molecule has 0 aliphatic carbocycles. The van der Waals surface area contributed by atoms with Gasteiger partial charge in [0.05, 0.1) is 6.54 Å². The molecule has 0 bridgehead atoms. The van der Waals surface area contributed by atoms with Crippen molar-refractivity contribution in [1.29, 1.82) is 0 Å². The Hall–Kier alpha value is -2.11. The molecule has 1 rings (SSSR count). The third kappa shape index (κ3) is 6.74. The van der Waals surface area contributed by atoms with Gasteiger partial charge in [0, 0.05) is 26.0 Å². The van der Waals surface area contributed by atoms with Crippen LogP contribution >= 0.6 is 0 Å². The predicted octanol–water partition coefficient (Wildman–Crippen LogP) is 2.16. The highest BCUT2D eigenvalue weighted by atomic mass is 19.1. The summed E-state index contributed by atoms with van der Waals surface area (Å²) in [5, 5.41) is 8.65. The van der Waals surface area contributed by atoms with Gasteiger partial charge >= 0.3 is 5.97 Å². The highest BCUT2D eigenvalue weighted by Crippen LogP contribution is 2.12. The molecule has 1 N–H and O–H groups in total. The first kappa shape index (κ1) is 16.9. The highest BCUT2D eigenvalue weighted by Gasteiger charge is 2.15. The van der Waals surface area contributed by atoms with E-state index in [0.717, 1.165) is 0 Å². The number of benzene rings is 1. The Morgan fingerprint density at radius 3 is 2.71 bits per heavy atom. The number of hydrogen-bond acceptors (Lipinski definition) is 3. The Kier molecular flexibility index (Phi) is 6.65. The van der Waals surface area contributed by atoms with E-state index in [-0.39, 0.29) is 37.1 Å². The topological polar surface area (TPSA) is 66.8 Å². The van der Waals surface area contributed by atoms with E-state index in [2.05, 4.69) is 0 Å². The van der Waals surface area contributed by atoms with Crippen molar-refractivity contribution in [3.8, 4) is 5.75 Å². The van der Waals surface area contributed by atoms with Crippen LogP contribution in [0.3, 0.4) is 0 Å². The molecule has 0 radical (unpaired) electrons. The van der Waals surface area contributed by atoms with Crippen molar-refractivity contribution in [2.24, 2.45) is 5.92 Å². The minimum absolute atomic E-state index is 0.0284. The van der Waals surface area contributed by atoms with Crippen LogP contribution in [0.15, 0.2) is 24.3 Å². The van der Waals surface area contributed by atoms with Crippen LogP contribution in [-0.4, -0.2) is 42.1 Å². The molecule has 5 nitrogen and oxygen atoms in total. The maximum atomic E-state index is 12.9. The van der Waals surface area contributed by atoms with E-state index in [1.165, 1.54) is 17.0 Å². The van der Waals surface area contributed by atoms with Crippen LogP contribution < -0.4 is 4.74 Å². The van der Waals surface area contributed by atoms with E-state index < -0.39 is 5.97 Å². The van der Waals surface area contributed by atoms with E-state index in [1.54, 1.807) is 26.1 Å². The zero-order valence-corrected chi connectivity index (χ0v) is 12.2. The lowest BCUT2D eigenvalue weighted by Gasteiger charge is -2.19. The number of carbonyl (C=O) groups is 2. The lowest BCUT2D eigenvalue weighted by atomic mass is 10.0. The number of halogens is 1. The Labute approximate surface area is 123 Å². The van der Waals surface area contributed by atoms with Crippen molar-refractivity contribution >= 4 is 11.9 Å². The second-order valence-electron chi connectivity index (χ2n) is 5.03. The van der Waals surface area contributed by atoms with E-state index >= 15 is 0 Å². The van der Waals surface area contributed by atoms with Gasteiger partial charge in [-0.3, -0.25) is 9.59 Å². The van der Waals surface area contributed by atoms with Crippen molar-refractivity contribution in [1.82, 2.24) is 4.90 Å². The number of amides is 1. The van der Waals surface area contributed by atoms with Crippen LogP contribution in [-0.2, 0) is 9.59 Å². The summed E-state index contributed by atoms with van der Waals surface area (Å²) in [5.74, 6) is -1.21. The van der Waals surface area contributed by atoms with Gasteiger partial charge in [-0.1, -0.05) is 13.0 Å². The number of rotatable bonds is 8. The molecule has 0 saturated carbocycles. The summed E-state index contributed by atoms with van der Waals surface area (Å²) in [6, 6.07) is 5.79. The van der Waals surface area contributed by atoms with Gasteiger partial charge in [0.15, 0.2) is 0 Å². The molecule has 6 heteroatoms. The molecule has 0 aromatic heterocycles. The number of hydrogen-bond donors (Lipinski definition) is 1. The van der Waals surface area contributed by atoms with Crippen molar-refractivity contribution in [2.45, 2.75) is 19.8 Å². The second kappa shape index (κ2) is 8.24. The number of carbonyl (C=O) groups excluding carboxylic acids is 1. The van der Waals surface area contributed by atoms with Gasteiger partial charge in [-0.15, -0.1) is 0 Å². The van der Waals surface area contributed by atoms with Gasteiger partial charge in [0.1, 0.15) is 18.2 Å². The van der Waals surface area contributed by atoms with Crippen molar-refractivity contribution < 1.29 is 23.8 Å². The lowest BCUT2D eigenvalue weighted by molar-refractivity contribution is -0.138. The van der Waals surface area contributed by atoms with E-state index in [4.69, 9.17) is 9.84 Å². The maximum Gasteiger partial charge on any atom is 0.303 e. The third-order valence-electron chi connectivity index (χ3n) is 2.96. The maximum absolute atomic E-state index is 12.9. The fraction of sp³-hybridized carbons (Fsp3) is 0.467. The zero-order valence-electron chi connectivity index (χ0n) is 12.2. The Bertz CT molecular complexity index is 492. The molecule has 0 saturated heterocycles. The van der Waals surface area contributed by atoms with Gasteiger partial charge in [-0.2, -0.15) is 0 Å². The second-order valence-corrected chi connectivity index (χ2v) is 5.03. The molecule has 0 aliphatic heterocycles. The predicted molar refractivity (Wildman–Crippen MR) is 75.6 cm³/mol. The first-order valence-corrected chi connectivity index (χ1v) is 6.72. The SMILES string of the molecule is CC(CC(=O)O)CC(=O)N(C)CCOc1cccc(F)c1. The average Bonchev–Trinajstić information content (AvgIpc) is 2.37. The normalized spacial score (nSPS) is 11.8. The van der Waals surface area contributed by atoms with Crippen LogP contribution in [0, 0.1) is 11.7 Å². The fourth-order valence-electron chi connectivity index (χ4n) is 1.81. The van der Waals surface area contributed by atoms with Gasteiger partial charge in [-0.05, 0) is 18.1 Å². The molecule has 1 unspecified atom stereocenters. The smallest absolute Gasteiger partial charge is 0.303 e.